The lowest BCUT2D eigenvalue weighted by Crippen LogP contribution is -2.41. The first-order chi connectivity index (χ1) is 7.88. The number of nitrogens with one attached hydrogen (secondary N) is 1. The Hall–Kier alpha value is -0.520. The van der Waals surface area contributed by atoms with E-state index in [1.165, 1.54) is 0 Å². The van der Waals surface area contributed by atoms with E-state index < -0.39 is 11.4 Å². The van der Waals surface area contributed by atoms with Gasteiger partial charge in [-0.25, -0.2) is 4.98 Å². The van der Waals surface area contributed by atoms with Crippen LogP contribution < -0.4 is 4.72 Å². The van der Waals surface area contributed by atoms with Crippen molar-refractivity contribution < 1.29 is 8.97 Å². The third-order valence-corrected chi connectivity index (χ3v) is 4.47. The molecule has 17 heavy (non-hydrogen) atoms. The normalized spacial score (nSPS) is 22.3. The first-order valence-electron chi connectivity index (χ1n) is 6.02. The van der Waals surface area contributed by atoms with Gasteiger partial charge in [-0.2, -0.15) is 0 Å². The minimum Gasteiger partial charge on any atom is -0.598 e. The molecule has 0 spiro atoms. The van der Waals surface area contributed by atoms with Crippen LogP contribution in [0.4, 0.5) is 0 Å². The number of aromatic nitrogens is 1. The fraction of sp³-hybridized carbons (Fsp3) is 0.750. The summed E-state index contributed by atoms with van der Waals surface area (Å²) in [4.78, 5) is 4.37. The summed E-state index contributed by atoms with van der Waals surface area (Å²) in [5.41, 5.74) is 1.03. The van der Waals surface area contributed by atoms with Crippen LogP contribution in [0, 0.1) is 6.92 Å². The van der Waals surface area contributed by atoms with Crippen LogP contribution >= 0.6 is 0 Å². The Morgan fingerprint density at radius 2 is 2.18 bits per heavy atom. The molecule has 2 unspecified atom stereocenters. The molecule has 0 aliphatic heterocycles. The Bertz CT molecular complexity index is 398. The van der Waals surface area contributed by atoms with E-state index in [1.807, 2.05) is 27.7 Å². The number of rotatable bonds is 2. The van der Waals surface area contributed by atoms with Crippen molar-refractivity contribution in [1.29, 1.82) is 0 Å². The molecule has 1 N–H and O–H groups in total. The Kier molecular flexibility index (Phi) is 3.52. The predicted octanol–water partition coefficient (Wildman–Crippen LogP) is 2.41. The molecule has 96 valence electrons. The van der Waals surface area contributed by atoms with Crippen LogP contribution in [-0.4, -0.2) is 14.3 Å². The highest BCUT2D eigenvalue weighted by Gasteiger charge is 2.34. The van der Waals surface area contributed by atoms with Crippen molar-refractivity contribution in [2.75, 3.05) is 0 Å². The predicted molar refractivity (Wildman–Crippen MR) is 68.0 cm³/mol. The van der Waals surface area contributed by atoms with Crippen LogP contribution in [-0.2, 0) is 17.8 Å². The van der Waals surface area contributed by atoms with Crippen LogP contribution in [0.5, 0.6) is 0 Å². The van der Waals surface area contributed by atoms with Crippen LogP contribution in [0.1, 0.15) is 57.0 Å². The first kappa shape index (κ1) is 12.9. The van der Waals surface area contributed by atoms with Gasteiger partial charge in [-0.15, -0.1) is 4.72 Å². The lowest BCUT2D eigenvalue weighted by atomic mass is 9.98. The average molecular weight is 256 g/mol. The van der Waals surface area contributed by atoms with Gasteiger partial charge in [0.2, 0.25) is 0 Å². The van der Waals surface area contributed by atoms with Crippen molar-refractivity contribution in [3.8, 4) is 0 Å². The van der Waals surface area contributed by atoms with Crippen LogP contribution in [0.2, 0.25) is 0 Å². The highest BCUT2D eigenvalue weighted by atomic mass is 32.2. The maximum atomic E-state index is 12.1. The Morgan fingerprint density at radius 1 is 1.47 bits per heavy atom. The maximum Gasteiger partial charge on any atom is 0.191 e. The highest BCUT2D eigenvalue weighted by molar-refractivity contribution is 7.90. The van der Waals surface area contributed by atoms with Gasteiger partial charge < -0.3 is 8.97 Å². The van der Waals surface area contributed by atoms with E-state index in [0.29, 0.717) is 5.89 Å². The minimum absolute atomic E-state index is 0.0417. The molecule has 5 heteroatoms. The molecule has 1 aliphatic rings. The van der Waals surface area contributed by atoms with Crippen LogP contribution in [0.15, 0.2) is 4.42 Å². The lowest BCUT2D eigenvalue weighted by molar-refractivity contribution is 0.386. The number of oxazole rings is 1. The smallest absolute Gasteiger partial charge is 0.191 e. The van der Waals surface area contributed by atoms with Gasteiger partial charge in [0.15, 0.2) is 5.89 Å². The van der Waals surface area contributed by atoms with Gasteiger partial charge in [0.05, 0.1) is 5.69 Å². The van der Waals surface area contributed by atoms with Gasteiger partial charge in [-0.3, -0.25) is 0 Å². The zero-order valence-corrected chi connectivity index (χ0v) is 11.7. The summed E-state index contributed by atoms with van der Waals surface area (Å²) in [5, 5.41) is 0. The van der Waals surface area contributed by atoms with Gasteiger partial charge in [0, 0.05) is 18.3 Å². The Balaban J connectivity index is 2.13. The van der Waals surface area contributed by atoms with Crippen molar-refractivity contribution in [2.24, 2.45) is 0 Å². The Morgan fingerprint density at radius 3 is 2.82 bits per heavy atom. The van der Waals surface area contributed by atoms with Gasteiger partial charge >= 0.3 is 0 Å². The van der Waals surface area contributed by atoms with Gasteiger partial charge in [0.1, 0.15) is 16.5 Å². The fourth-order valence-corrected chi connectivity index (χ4v) is 2.80. The highest BCUT2D eigenvalue weighted by Crippen LogP contribution is 2.31. The second-order valence-electron chi connectivity index (χ2n) is 5.49. The topological polar surface area (TPSA) is 61.1 Å². The molecule has 2 atom stereocenters. The fourth-order valence-electron chi connectivity index (χ4n) is 1.96. The molecule has 0 fully saturated rings. The second-order valence-corrected chi connectivity index (χ2v) is 7.49. The van der Waals surface area contributed by atoms with E-state index in [9.17, 15) is 4.55 Å². The molecule has 0 amide bonds. The molecule has 0 saturated heterocycles. The molecular formula is C12H20N2O2S. The van der Waals surface area contributed by atoms with Crippen molar-refractivity contribution in [3.05, 3.63) is 17.3 Å². The first-order valence-corrected chi connectivity index (χ1v) is 7.17. The number of nitrogens with zero attached hydrogens (tertiary/aromatic N) is 1. The summed E-state index contributed by atoms with van der Waals surface area (Å²) in [5.74, 6) is 1.58. The second kappa shape index (κ2) is 4.63. The molecule has 4 nitrogen and oxygen atoms in total. The summed E-state index contributed by atoms with van der Waals surface area (Å²) >= 11 is -1.07. The molecule has 1 aromatic rings. The average Bonchev–Trinajstić information content (AvgIpc) is 2.58. The molecular weight excluding hydrogens is 236 g/mol. The van der Waals surface area contributed by atoms with Crippen molar-refractivity contribution >= 4 is 11.4 Å². The van der Waals surface area contributed by atoms with E-state index in [-0.39, 0.29) is 10.8 Å². The molecule has 0 radical (unpaired) electrons. The largest absolute Gasteiger partial charge is 0.598 e. The lowest BCUT2D eigenvalue weighted by Gasteiger charge is -2.28. The molecule has 0 aromatic carbocycles. The molecule has 1 heterocycles. The van der Waals surface area contributed by atoms with E-state index in [0.717, 1.165) is 30.7 Å². The third kappa shape index (κ3) is 2.84. The van der Waals surface area contributed by atoms with Crippen molar-refractivity contribution in [3.63, 3.8) is 0 Å². The zero-order valence-electron chi connectivity index (χ0n) is 10.9. The molecule has 1 aliphatic carbocycles. The maximum absolute atomic E-state index is 12.1. The summed E-state index contributed by atoms with van der Waals surface area (Å²) in [6.45, 7) is 7.75. The summed E-state index contributed by atoms with van der Waals surface area (Å²) in [6.07, 6.45) is 2.99. The molecule has 0 saturated carbocycles. The summed E-state index contributed by atoms with van der Waals surface area (Å²) in [6, 6.07) is 0.0417. The SMILES string of the molecule is Cc1nc2c(o1)C(N[S+]([O-])C(C)(C)C)CCC2. The molecule has 0 bridgehead atoms. The number of fused-ring (bicyclic) bond motifs is 1. The van der Waals surface area contributed by atoms with Crippen molar-refractivity contribution in [1.82, 2.24) is 9.71 Å². The van der Waals surface area contributed by atoms with Crippen molar-refractivity contribution in [2.45, 2.75) is 57.7 Å². The van der Waals surface area contributed by atoms with Gasteiger partial charge in [-0.05, 0) is 40.0 Å². The standard InChI is InChI=1S/C12H20N2O2S/c1-8-13-9-6-5-7-10(11(9)16-8)14-17(15)12(2,3)4/h10,14H,5-7H2,1-4H3. The summed E-state index contributed by atoms with van der Waals surface area (Å²) in [7, 11) is 0. The Labute approximate surface area is 106 Å². The number of hydrogen-bond acceptors (Lipinski definition) is 4. The van der Waals surface area contributed by atoms with Crippen LogP contribution in [0.3, 0.4) is 0 Å². The van der Waals surface area contributed by atoms with E-state index in [1.54, 1.807) is 0 Å². The van der Waals surface area contributed by atoms with Gasteiger partial charge in [0.25, 0.3) is 0 Å². The van der Waals surface area contributed by atoms with Crippen LogP contribution in [0.25, 0.3) is 0 Å². The third-order valence-electron chi connectivity index (χ3n) is 2.86. The molecule has 2 rings (SSSR count). The monoisotopic (exact) mass is 256 g/mol. The zero-order chi connectivity index (χ0) is 12.6. The minimum atomic E-state index is -1.07. The number of hydrogen-bond donors (Lipinski definition) is 1. The van der Waals surface area contributed by atoms with Gasteiger partial charge in [-0.1, -0.05) is 0 Å². The summed E-state index contributed by atoms with van der Waals surface area (Å²) < 4.78 is 20.6. The quantitative estimate of drug-likeness (QED) is 0.825. The molecule has 1 aromatic heterocycles. The number of aryl methyl sites for hydroxylation is 2. The van der Waals surface area contributed by atoms with E-state index >= 15 is 0 Å². The van der Waals surface area contributed by atoms with E-state index in [4.69, 9.17) is 4.42 Å². The van der Waals surface area contributed by atoms with E-state index in [2.05, 4.69) is 9.71 Å².